The number of ether oxygens (including phenoxy) is 1. The molecule has 0 N–H and O–H groups in total. The maximum Gasteiger partial charge on any atom is 0.118 e. The van der Waals surface area contributed by atoms with Crippen LogP contribution in [0.15, 0.2) is 36.4 Å². The van der Waals surface area contributed by atoms with Gasteiger partial charge in [-0.1, -0.05) is 65.8 Å². The normalized spacial score (nSPS) is 12.6. The van der Waals surface area contributed by atoms with Crippen LogP contribution in [0.3, 0.4) is 0 Å². The number of pyridine rings is 1. The molecule has 2 rings (SSSR count). The second-order valence-electron chi connectivity index (χ2n) is 8.28. The van der Waals surface area contributed by atoms with Crippen molar-refractivity contribution in [3.05, 3.63) is 58.9 Å². The number of hydrogen-bond donors (Lipinski definition) is 0. The van der Waals surface area contributed by atoms with E-state index in [0.29, 0.717) is 0 Å². The summed E-state index contributed by atoms with van der Waals surface area (Å²) < 4.78 is 5.21. The van der Waals surface area contributed by atoms with Gasteiger partial charge < -0.3 is 4.74 Å². The molecule has 0 saturated heterocycles. The number of rotatable bonds is 3. The SMILES string of the molecule is COc1ccc(C=Cc2cc(C(C)(C)C)nc(C(C)(C)C)c2)cc1. The van der Waals surface area contributed by atoms with Crippen LogP contribution in [-0.2, 0) is 10.8 Å². The minimum atomic E-state index is 0.0317. The average molecular weight is 323 g/mol. The van der Waals surface area contributed by atoms with E-state index < -0.39 is 0 Å². The minimum Gasteiger partial charge on any atom is -0.497 e. The third-order valence-electron chi connectivity index (χ3n) is 3.97. The fraction of sp³-hybridized carbons (Fsp3) is 0.409. The van der Waals surface area contributed by atoms with Crippen LogP contribution in [0.2, 0.25) is 0 Å². The third-order valence-corrected chi connectivity index (χ3v) is 3.97. The number of benzene rings is 1. The molecule has 0 saturated carbocycles. The summed E-state index contributed by atoms with van der Waals surface area (Å²) in [5.41, 5.74) is 4.67. The molecule has 0 bridgehead atoms. The summed E-state index contributed by atoms with van der Waals surface area (Å²) in [6.45, 7) is 13.2. The molecule has 24 heavy (non-hydrogen) atoms. The van der Waals surface area contributed by atoms with Crippen LogP contribution in [0, 0.1) is 0 Å². The minimum absolute atomic E-state index is 0.0317. The van der Waals surface area contributed by atoms with Gasteiger partial charge in [-0.15, -0.1) is 0 Å². The predicted octanol–water partition coefficient (Wildman–Crippen LogP) is 5.86. The van der Waals surface area contributed by atoms with Gasteiger partial charge in [-0.05, 0) is 35.4 Å². The number of hydrogen-bond acceptors (Lipinski definition) is 2. The van der Waals surface area contributed by atoms with Gasteiger partial charge >= 0.3 is 0 Å². The molecule has 0 spiro atoms. The zero-order valence-corrected chi connectivity index (χ0v) is 16.0. The fourth-order valence-corrected chi connectivity index (χ4v) is 2.32. The Labute approximate surface area is 146 Å². The molecular formula is C22H29NO. The summed E-state index contributed by atoms with van der Waals surface area (Å²) in [5.74, 6) is 0.876. The molecule has 2 nitrogen and oxygen atoms in total. The lowest BCUT2D eigenvalue weighted by molar-refractivity contribution is 0.415. The summed E-state index contributed by atoms with van der Waals surface area (Å²) in [7, 11) is 1.68. The van der Waals surface area contributed by atoms with E-state index in [2.05, 4.69) is 78.0 Å². The highest BCUT2D eigenvalue weighted by atomic mass is 16.5. The molecule has 1 heterocycles. The Kier molecular flexibility index (Phi) is 5.17. The molecule has 0 radical (unpaired) electrons. The van der Waals surface area contributed by atoms with Crippen molar-refractivity contribution in [1.82, 2.24) is 4.98 Å². The average Bonchev–Trinajstić information content (AvgIpc) is 2.51. The van der Waals surface area contributed by atoms with Crippen LogP contribution in [-0.4, -0.2) is 12.1 Å². The second kappa shape index (κ2) is 6.80. The van der Waals surface area contributed by atoms with Crippen molar-refractivity contribution in [2.45, 2.75) is 52.4 Å². The Morgan fingerprint density at radius 2 is 1.21 bits per heavy atom. The van der Waals surface area contributed by atoms with E-state index in [0.717, 1.165) is 22.7 Å². The molecule has 1 aromatic heterocycles. The number of methoxy groups -OCH3 is 1. The van der Waals surface area contributed by atoms with Crippen LogP contribution in [0.1, 0.15) is 64.1 Å². The van der Waals surface area contributed by atoms with Gasteiger partial charge in [-0.2, -0.15) is 0 Å². The second-order valence-corrected chi connectivity index (χ2v) is 8.28. The van der Waals surface area contributed by atoms with E-state index in [9.17, 15) is 0 Å². The maximum absolute atomic E-state index is 5.21. The summed E-state index contributed by atoms with van der Waals surface area (Å²) in [6, 6.07) is 12.5. The van der Waals surface area contributed by atoms with E-state index in [1.54, 1.807) is 7.11 Å². The van der Waals surface area contributed by atoms with Crippen LogP contribution in [0.5, 0.6) is 5.75 Å². The molecule has 2 aromatic rings. The van der Waals surface area contributed by atoms with Crippen molar-refractivity contribution in [3.8, 4) is 5.75 Å². The first-order chi connectivity index (χ1) is 11.1. The first-order valence-electron chi connectivity index (χ1n) is 8.45. The van der Waals surface area contributed by atoms with Crippen LogP contribution < -0.4 is 4.74 Å². The maximum atomic E-state index is 5.21. The molecule has 0 unspecified atom stereocenters. The zero-order valence-electron chi connectivity index (χ0n) is 16.0. The van der Waals surface area contributed by atoms with E-state index >= 15 is 0 Å². The number of nitrogens with zero attached hydrogens (tertiary/aromatic N) is 1. The summed E-state index contributed by atoms with van der Waals surface area (Å²) >= 11 is 0. The summed E-state index contributed by atoms with van der Waals surface area (Å²) in [4.78, 5) is 4.90. The van der Waals surface area contributed by atoms with Crippen molar-refractivity contribution >= 4 is 12.2 Å². The molecule has 0 aliphatic heterocycles. The largest absolute Gasteiger partial charge is 0.497 e. The van der Waals surface area contributed by atoms with Gasteiger partial charge in [0, 0.05) is 22.2 Å². The first-order valence-corrected chi connectivity index (χ1v) is 8.45. The topological polar surface area (TPSA) is 22.1 Å². The predicted molar refractivity (Wildman–Crippen MR) is 104 cm³/mol. The Hall–Kier alpha value is -2.09. The van der Waals surface area contributed by atoms with Gasteiger partial charge in [-0.25, -0.2) is 0 Å². The molecule has 0 amide bonds. The molecular weight excluding hydrogens is 294 g/mol. The Morgan fingerprint density at radius 1 is 0.750 bits per heavy atom. The van der Waals surface area contributed by atoms with Crippen LogP contribution in [0.4, 0.5) is 0 Å². The molecule has 128 valence electrons. The van der Waals surface area contributed by atoms with Gasteiger partial charge in [0.2, 0.25) is 0 Å². The molecule has 0 aliphatic carbocycles. The van der Waals surface area contributed by atoms with E-state index in [1.165, 1.54) is 5.56 Å². The highest BCUT2D eigenvalue weighted by Crippen LogP contribution is 2.28. The lowest BCUT2D eigenvalue weighted by Gasteiger charge is -2.24. The first kappa shape index (κ1) is 18.3. The lowest BCUT2D eigenvalue weighted by Crippen LogP contribution is -2.20. The van der Waals surface area contributed by atoms with Crippen molar-refractivity contribution in [3.63, 3.8) is 0 Å². The Balaban J connectivity index is 2.39. The molecule has 0 fully saturated rings. The quantitative estimate of drug-likeness (QED) is 0.706. The van der Waals surface area contributed by atoms with E-state index in [1.807, 2.05) is 12.1 Å². The van der Waals surface area contributed by atoms with Crippen molar-refractivity contribution in [2.75, 3.05) is 7.11 Å². The molecule has 1 aromatic carbocycles. The fourth-order valence-electron chi connectivity index (χ4n) is 2.32. The third kappa shape index (κ3) is 4.70. The van der Waals surface area contributed by atoms with Crippen LogP contribution >= 0.6 is 0 Å². The standard InChI is InChI=1S/C22H29NO/c1-21(2,3)19-14-17(15-20(23-19)22(4,5)6)9-8-16-10-12-18(24-7)13-11-16/h8-15H,1-7H3. The van der Waals surface area contributed by atoms with Gasteiger partial charge in [0.15, 0.2) is 0 Å². The van der Waals surface area contributed by atoms with E-state index in [4.69, 9.17) is 9.72 Å². The smallest absolute Gasteiger partial charge is 0.118 e. The van der Waals surface area contributed by atoms with Gasteiger partial charge in [-0.3, -0.25) is 4.98 Å². The lowest BCUT2D eigenvalue weighted by atomic mass is 9.86. The summed E-state index contributed by atoms with van der Waals surface area (Å²) in [6.07, 6.45) is 4.29. The zero-order chi connectivity index (χ0) is 18.0. The molecule has 2 heteroatoms. The van der Waals surface area contributed by atoms with E-state index in [-0.39, 0.29) is 10.8 Å². The number of aromatic nitrogens is 1. The molecule has 0 atom stereocenters. The van der Waals surface area contributed by atoms with Crippen LogP contribution in [0.25, 0.3) is 12.2 Å². The van der Waals surface area contributed by atoms with Crippen molar-refractivity contribution in [2.24, 2.45) is 0 Å². The van der Waals surface area contributed by atoms with Crippen molar-refractivity contribution < 1.29 is 4.74 Å². The monoisotopic (exact) mass is 323 g/mol. The highest BCUT2D eigenvalue weighted by molar-refractivity contribution is 5.70. The molecule has 0 aliphatic rings. The highest BCUT2D eigenvalue weighted by Gasteiger charge is 2.21. The van der Waals surface area contributed by atoms with Gasteiger partial charge in [0.05, 0.1) is 7.11 Å². The Bertz CT molecular complexity index is 681. The van der Waals surface area contributed by atoms with Crippen molar-refractivity contribution in [1.29, 1.82) is 0 Å². The summed E-state index contributed by atoms with van der Waals surface area (Å²) in [5, 5.41) is 0. The van der Waals surface area contributed by atoms with Gasteiger partial charge in [0.25, 0.3) is 0 Å². The Morgan fingerprint density at radius 3 is 1.62 bits per heavy atom. The van der Waals surface area contributed by atoms with Gasteiger partial charge in [0.1, 0.15) is 5.75 Å².